The summed E-state index contributed by atoms with van der Waals surface area (Å²) in [6.45, 7) is 5.61. The third-order valence-corrected chi connectivity index (χ3v) is 4.49. The van der Waals surface area contributed by atoms with Crippen molar-refractivity contribution in [1.82, 2.24) is 9.88 Å². The highest BCUT2D eigenvalue weighted by molar-refractivity contribution is 5.73. The third-order valence-electron chi connectivity index (χ3n) is 4.49. The van der Waals surface area contributed by atoms with Crippen LogP contribution in [0.3, 0.4) is 0 Å². The van der Waals surface area contributed by atoms with Gasteiger partial charge in [-0.05, 0) is 37.8 Å². The minimum absolute atomic E-state index is 0.185. The summed E-state index contributed by atoms with van der Waals surface area (Å²) in [6, 6.07) is 4.68. The van der Waals surface area contributed by atoms with E-state index in [1.54, 1.807) is 6.92 Å². The van der Waals surface area contributed by atoms with Gasteiger partial charge < -0.3 is 15.1 Å². The fraction of sp³-hybridized carbons (Fsp3) is 0.625. The van der Waals surface area contributed by atoms with Gasteiger partial charge in [-0.1, -0.05) is 0 Å². The van der Waals surface area contributed by atoms with E-state index in [2.05, 4.69) is 27.3 Å². The Morgan fingerprint density at radius 3 is 2.48 bits per heavy atom. The molecule has 2 saturated heterocycles. The fourth-order valence-corrected chi connectivity index (χ4v) is 3.18. The summed E-state index contributed by atoms with van der Waals surface area (Å²) >= 11 is 0. The average Bonchev–Trinajstić information content (AvgIpc) is 3.03. The zero-order valence-electron chi connectivity index (χ0n) is 12.7. The van der Waals surface area contributed by atoms with Gasteiger partial charge in [-0.15, -0.1) is 0 Å². The van der Waals surface area contributed by atoms with Crippen molar-refractivity contribution >= 4 is 17.4 Å². The molecule has 1 amide bonds. The lowest BCUT2D eigenvalue weighted by Crippen LogP contribution is -2.41. The molecule has 2 fully saturated rings. The minimum Gasteiger partial charge on any atom is -0.381 e. The summed E-state index contributed by atoms with van der Waals surface area (Å²) in [5.41, 5.74) is 1.08. The number of hydrogen-bond donors (Lipinski definition) is 1. The van der Waals surface area contributed by atoms with E-state index >= 15 is 0 Å². The van der Waals surface area contributed by atoms with Crippen molar-refractivity contribution in [2.75, 3.05) is 36.4 Å². The lowest BCUT2D eigenvalue weighted by Gasteiger charge is -2.32. The van der Waals surface area contributed by atoms with Crippen molar-refractivity contribution < 1.29 is 4.79 Å². The van der Waals surface area contributed by atoms with Gasteiger partial charge in [-0.3, -0.25) is 4.79 Å². The molecule has 114 valence electrons. The molecular weight excluding hydrogens is 264 g/mol. The maximum atomic E-state index is 11.3. The van der Waals surface area contributed by atoms with Crippen LogP contribution in [0.5, 0.6) is 0 Å². The van der Waals surface area contributed by atoms with Gasteiger partial charge in [0.25, 0.3) is 0 Å². The van der Waals surface area contributed by atoms with E-state index in [1.807, 2.05) is 11.1 Å². The van der Waals surface area contributed by atoms with Gasteiger partial charge in [0.05, 0.1) is 11.9 Å². The number of nitrogens with one attached hydrogen (secondary N) is 1. The molecule has 1 aromatic rings. The highest BCUT2D eigenvalue weighted by Crippen LogP contribution is 2.21. The molecule has 0 bridgehead atoms. The van der Waals surface area contributed by atoms with Crippen molar-refractivity contribution in [2.45, 2.75) is 38.6 Å². The maximum Gasteiger partial charge on any atom is 0.219 e. The first kappa shape index (κ1) is 14.2. The van der Waals surface area contributed by atoms with Crippen LogP contribution in [-0.4, -0.2) is 48.0 Å². The zero-order chi connectivity index (χ0) is 14.7. The molecule has 0 unspecified atom stereocenters. The molecular formula is C16H24N4O. The van der Waals surface area contributed by atoms with E-state index in [9.17, 15) is 4.79 Å². The van der Waals surface area contributed by atoms with Gasteiger partial charge in [0, 0.05) is 39.1 Å². The molecule has 5 nitrogen and oxygen atoms in total. The number of carbonyl (C=O) groups is 1. The first-order chi connectivity index (χ1) is 10.2. The lowest BCUT2D eigenvalue weighted by molar-refractivity contribution is -0.129. The predicted octanol–water partition coefficient (Wildman–Crippen LogP) is 2.10. The second-order valence-electron chi connectivity index (χ2n) is 6.02. The van der Waals surface area contributed by atoms with E-state index < -0.39 is 0 Å². The molecule has 3 heterocycles. The minimum atomic E-state index is 0.185. The summed E-state index contributed by atoms with van der Waals surface area (Å²) < 4.78 is 0. The zero-order valence-corrected chi connectivity index (χ0v) is 12.7. The molecule has 0 aliphatic carbocycles. The van der Waals surface area contributed by atoms with Crippen LogP contribution in [0.1, 0.15) is 32.6 Å². The number of piperidine rings is 1. The molecule has 2 aliphatic heterocycles. The molecule has 0 aromatic carbocycles. The Kier molecular flexibility index (Phi) is 4.27. The highest BCUT2D eigenvalue weighted by atomic mass is 16.2. The number of amides is 1. The summed E-state index contributed by atoms with van der Waals surface area (Å²) in [5.74, 6) is 1.27. The molecule has 0 atom stereocenters. The summed E-state index contributed by atoms with van der Waals surface area (Å²) in [5, 5.41) is 3.54. The van der Waals surface area contributed by atoms with Crippen molar-refractivity contribution in [2.24, 2.45) is 0 Å². The Bertz CT molecular complexity index is 474. The highest BCUT2D eigenvalue weighted by Gasteiger charge is 2.20. The Hall–Kier alpha value is -1.78. The van der Waals surface area contributed by atoms with Crippen LogP contribution in [0, 0.1) is 0 Å². The van der Waals surface area contributed by atoms with Crippen molar-refractivity contribution in [1.29, 1.82) is 0 Å². The molecule has 1 N–H and O–H groups in total. The van der Waals surface area contributed by atoms with Crippen LogP contribution in [0.4, 0.5) is 11.5 Å². The number of carbonyl (C=O) groups excluding carboxylic acids is 1. The number of likely N-dealkylation sites (tertiary alicyclic amines) is 1. The van der Waals surface area contributed by atoms with E-state index in [0.717, 1.165) is 50.5 Å². The number of nitrogens with zero attached hydrogens (tertiary/aromatic N) is 3. The van der Waals surface area contributed by atoms with Crippen molar-refractivity contribution in [3.63, 3.8) is 0 Å². The maximum absolute atomic E-state index is 11.3. The van der Waals surface area contributed by atoms with Gasteiger partial charge in [-0.25, -0.2) is 4.98 Å². The van der Waals surface area contributed by atoms with E-state index in [1.165, 1.54) is 12.8 Å². The van der Waals surface area contributed by atoms with Crippen molar-refractivity contribution in [3.05, 3.63) is 18.3 Å². The molecule has 5 heteroatoms. The smallest absolute Gasteiger partial charge is 0.219 e. The lowest BCUT2D eigenvalue weighted by atomic mass is 10.0. The first-order valence-corrected chi connectivity index (χ1v) is 7.95. The van der Waals surface area contributed by atoms with Gasteiger partial charge >= 0.3 is 0 Å². The second kappa shape index (κ2) is 6.33. The Morgan fingerprint density at radius 1 is 1.19 bits per heavy atom. The van der Waals surface area contributed by atoms with E-state index in [4.69, 9.17) is 0 Å². The Balaban J connectivity index is 1.52. The fourth-order valence-electron chi connectivity index (χ4n) is 3.18. The summed E-state index contributed by atoms with van der Waals surface area (Å²) in [6.07, 6.45) is 6.50. The number of rotatable bonds is 3. The van der Waals surface area contributed by atoms with Crippen LogP contribution >= 0.6 is 0 Å². The van der Waals surface area contributed by atoms with Crippen LogP contribution in [0.2, 0.25) is 0 Å². The van der Waals surface area contributed by atoms with Gasteiger partial charge in [0.2, 0.25) is 5.91 Å². The number of hydrogen-bond acceptors (Lipinski definition) is 4. The molecule has 3 rings (SSSR count). The number of pyridine rings is 1. The quantitative estimate of drug-likeness (QED) is 0.925. The molecule has 21 heavy (non-hydrogen) atoms. The van der Waals surface area contributed by atoms with E-state index in [0.29, 0.717) is 6.04 Å². The average molecular weight is 288 g/mol. The molecule has 1 aromatic heterocycles. The molecule has 0 radical (unpaired) electrons. The molecule has 2 aliphatic rings. The van der Waals surface area contributed by atoms with Crippen LogP contribution < -0.4 is 10.2 Å². The largest absolute Gasteiger partial charge is 0.381 e. The Morgan fingerprint density at radius 2 is 1.90 bits per heavy atom. The number of anilines is 2. The normalized spacial score (nSPS) is 19.9. The summed E-state index contributed by atoms with van der Waals surface area (Å²) in [4.78, 5) is 20.2. The van der Waals surface area contributed by atoms with Crippen molar-refractivity contribution in [3.8, 4) is 0 Å². The second-order valence-corrected chi connectivity index (χ2v) is 6.02. The van der Waals surface area contributed by atoms with Gasteiger partial charge in [-0.2, -0.15) is 0 Å². The SMILES string of the molecule is CC(=O)N1CCC(Nc2ccc(N3CCCC3)nc2)CC1. The van der Waals surface area contributed by atoms with Crippen LogP contribution in [-0.2, 0) is 4.79 Å². The third kappa shape index (κ3) is 3.46. The Labute approximate surface area is 126 Å². The number of aromatic nitrogens is 1. The molecule has 0 saturated carbocycles. The van der Waals surface area contributed by atoms with Crippen LogP contribution in [0.15, 0.2) is 18.3 Å². The topological polar surface area (TPSA) is 48.5 Å². The summed E-state index contributed by atoms with van der Waals surface area (Å²) in [7, 11) is 0. The van der Waals surface area contributed by atoms with Crippen LogP contribution in [0.25, 0.3) is 0 Å². The first-order valence-electron chi connectivity index (χ1n) is 7.95. The predicted molar refractivity (Wildman–Crippen MR) is 84.6 cm³/mol. The van der Waals surface area contributed by atoms with E-state index in [-0.39, 0.29) is 5.91 Å². The van der Waals surface area contributed by atoms with Gasteiger partial charge in [0.15, 0.2) is 0 Å². The monoisotopic (exact) mass is 288 g/mol. The molecule has 0 spiro atoms. The van der Waals surface area contributed by atoms with Gasteiger partial charge in [0.1, 0.15) is 5.82 Å². The standard InChI is InChI=1S/C16H24N4O/c1-13(21)19-10-6-14(7-11-19)18-15-4-5-16(17-12-15)20-8-2-3-9-20/h4-5,12,14,18H,2-3,6-11H2,1H3.